The van der Waals surface area contributed by atoms with Gasteiger partial charge < -0.3 is 20.8 Å². The highest BCUT2D eigenvalue weighted by atomic mass is 16.8. The van der Waals surface area contributed by atoms with Crippen LogP contribution in [0.15, 0.2) is 28.9 Å². The molecule has 1 heterocycles. The molecule has 2 rings (SSSR count). The van der Waals surface area contributed by atoms with E-state index in [1.807, 2.05) is 0 Å². The van der Waals surface area contributed by atoms with Crippen LogP contribution in [-0.4, -0.2) is 22.1 Å². The molecule has 0 fully saturated rings. The Hall–Kier alpha value is -3.10. The molecular weight excluding hydrogens is 270 g/mol. The SMILES string of the molecule is NC(=O)c1c(COC(=O)c2ccc(O)cc2)no[n+]1[O-]. The summed E-state index contributed by atoms with van der Waals surface area (Å²) in [5, 5.41) is 23.4. The zero-order valence-electron chi connectivity index (χ0n) is 9.98. The van der Waals surface area contributed by atoms with E-state index < -0.39 is 24.2 Å². The van der Waals surface area contributed by atoms with Crippen molar-refractivity contribution in [2.45, 2.75) is 6.61 Å². The molecule has 104 valence electrons. The highest BCUT2D eigenvalue weighted by Gasteiger charge is 2.25. The Morgan fingerprint density at radius 3 is 2.65 bits per heavy atom. The summed E-state index contributed by atoms with van der Waals surface area (Å²) in [4.78, 5) is 22.5. The van der Waals surface area contributed by atoms with Crippen molar-refractivity contribution in [2.24, 2.45) is 5.73 Å². The van der Waals surface area contributed by atoms with E-state index in [0.29, 0.717) is 0 Å². The Bertz CT molecular complexity index is 649. The molecule has 0 aliphatic heterocycles. The van der Waals surface area contributed by atoms with Gasteiger partial charge in [0.25, 0.3) is 17.3 Å². The molecule has 0 bridgehead atoms. The van der Waals surface area contributed by atoms with Crippen LogP contribution in [0.5, 0.6) is 5.75 Å². The zero-order valence-corrected chi connectivity index (χ0v) is 9.98. The van der Waals surface area contributed by atoms with Crippen LogP contribution in [0, 0.1) is 5.21 Å². The molecule has 1 aromatic carbocycles. The number of phenolic OH excluding ortho intramolecular Hbond substituents is 1. The lowest BCUT2D eigenvalue weighted by molar-refractivity contribution is -0.803. The Morgan fingerprint density at radius 1 is 1.40 bits per heavy atom. The van der Waals surface area contributed by atoms with E-state index in [9.17, 15) is 14.8 Å². The molecule has 3 N–H and O–H groups in total. The minimum absolute atomic E-state index is 0.00135. The van der Waals surface area contributed by atoms with Crippen LogP contribution in [0.25, 0.3) is 0 Å². The number of nitrogens with zero attached hydrogens (tertiary/aromatic N) is 2. The molecule has 0 spiro atoms. The van der Waals surface area contributed by atoms with E-state index in [4.69, 9.17) is 15.6 Å². The standard InChI is InChI=1S/C11H9N3O6/c12-10(16)9-8(13-20-14(9)18)5-19-11(17)6-1-3-7(15)4-2-6/h1-4,15H,5H2,(H2,12,16). The molecule has 1 amide bonds. The van der Waals surface area contributed by atoms with Gasteiger partial charge in [-0.15, -0.1) is 0 Å². The van der Waals surface area contributed by atoms with Crippen molar-refractivity contribution in [1.82, 2.24) is 5.16 Å². The number of carbonyl (C=O) groups excluding carboxylic acids is 2. The molecule has 20 heavy (non-hydrogen) atoms. The normalized spacial score (nSPS) is 10.2. The number of benzene rings is 1. The van der Waals surface area contributed by atoms with Gasteiger partial charge in [-0.25, -0.2) is 4.79 Å². The third-order valence-corrected chi connectivity index (χ3v) is 2.36. The maximum Gasteiger partial charge on any atom is 0.338 e. The highest BCUT2D eigenvalue weighted by molar-refractivity contribution is 5.91. The van der Waals surface area contributed by atoms with Gasteiger partial charge in [-0.1, -0.05) is 0 Å². The number of aromatic hydroxyl groups is 1. The highest BCUT2D eigenvalue weighted by Crippen LogP contribution is 2.11. The summed E-state index contributed by atoms with van der Waals surface area (Å²) in [6.45, 7) is -0.448. The van der Waals surface area contributed by atoms with Crippen molar-refractivity contribution in [3.8, 4) is 5.75 Å². The predicted octanol–water partition coefficient (Wildman–Crippen LogP) is -0.530. The number of carbonyl (C=O) groups is 2. The number of hydrogen-bond donors (Lipinski definition) is 2. The number of phenols is 1. The quantitative estimate of drug-likeness (QED) is 0.565. The number of nitrogens with two attached hydrogens (primary N) is 1. The molecule has 0 unspecified atom stereocenters. The second-order valence-electron chi connectivity index (χ2n) is 3.71. The molecule has 9 heteroatoms. The molecule has 9 nitrogen and oxygen atoms in total. The van der Waals surface area contributed by atoms with Crippen molar-refractivity contribution in [3.63, 3.8) is 0 Å². The van der Waals surface area contributed by atoms with E-state index in [0.717, 1.165) is 0 Å². The number of rotatable bonds is 4. The maximum atomic E-state index is 11.7. The molecule has 0 aliphatic rings. The third kappa shape index (κ3) is 2.66. The van der Waals surface area contributed by atoms with Crippen molar-refractivity contribution < 1.29 is 29.0 Å². The van der Waals surface area contributed by atoms with Gasteiger partial charge >= 0.3 is 5.97 Å². The summed E-state index contributed by atoms with van der Waals surface area (Å²) in [6.07, 6.45) is 0. The van der Waals surface area contributed by atoms with Gasteiger partial charge in [0, 0.05) is 5.16 Å². The second kappa shape index (κ2) is 5.26. The average molecular weight is 279 g/mol. The number of amides is 1. The minimum Gasteiger partial charge on any atom is -0.508 e. The largest absolute Gasteiger partial charge is 0.508 e. The van der Waals surface area contributed by atoms with Gasteiger partial charge in [-0.05, 0) is 29.2 Å². The van der Waals surface area contributed by atoms with Crippen molar-refractivity contribution in [1.29, 1.82) is 0 Å². The van der Waals surface area contributed by atoms with Crippen LogP contribution >= 0.6 is 0 Å². The van der Waals surface area contributed by atoms with E-state index in [-0.39, 0.29) is 21.9 Å². The van der Waals surface area contributed by atoms with Gasteiger partial charge in [0.2, 0.25) is 0 Å². The average Bonchev–Trinajstić information content (AvgIpc) is 2.78. The van der Waals surface area contributed by atoms with Crippen LogP contribution < -0.4 is 10.6 Å². The Balaban J connectivity index is 2.07. The molecular formula is C11H9N3O6. The molecule has 0 atom stereocenters. The van der Waals surface area contributed by atoms with Crippen LogP contribution in [0.1, 0.15) is 26.5 Å². The first-order valence-electron chi connectivity index (χ1n) is 5.33. The first-order valence-corrected chi connectivity index (χ1v) is 5.33. The van der Waals surface area contributed by atoms with Crippen LogP contribution in [-0.2, 0) is 11.3 Å². The van der Waals surface area contributed by atoms with Gasteiger partial charge in [-0.2, -0.15) is 0 Å². The van der Waals surface area contributed by atoms with Crippen molar-refractivity contribution in [3.05, 3.63) is 46.4 Å². The summed E-state index contributed by atoms with van der Waals surface area (Å²) in [5.41, 5.74) is 4.44. The number of ether oxygens (including phenoxy) is 1. The lowest BCUT2D eigenvalue weighted by Crippen LogP contribution is -2.35. The van der Waals surface area contributed by atoms with Gasteiger partial charge in [0.05, 0.1) is 5.56 Å². The summed E-state index contributed by atoms with van der Waals surface area (Å²) in [7, 11) is 0. The van der Waals surface area contributed by atoms with E-state index in [2.05, 4.69) is 9.79 Å². The number of hydrogen-bond acceptors (Lipinski definition) is 7. The first kappa shape index (κ1) is 13.3. The van der Waals surface area contributed by atoms with E-state index in [1.165, 1.54) is 24.3 Å². The fourth-order valence-electron chi connectivity index (χ4n) is 1.42. The summed E-state index contributed by atoms with van der Waals surface area (Å²) < 4.78 is 9.05. The Labute approximate surface area is 111 Å². The van der Waals surface area contributed by atoms with Gasteiger partial charge in [0.1, 0.15) is 5.75 Å². The fraction of sp³-hybridized carbons (Fsp3) is 0.0909. The maximum absolute atomic E-state index is 11.7. The Morgan fingerprint density at radius 2 is 2.05 bits per heavy atom. The molecule has 1 aromatic heterocycles. The van der Waals surface area contributed by atoms with Crippen molar-refractivity contribution >= 4 is 11.9 Å². The molecule has 0 aliphatic carbocycles. The molecule has 2 aromatic rings. The summed E-state index contributed by atoms with van der Waals surface area (Å²) in [5.74, 6) is -1.76. The smallest absolute Gasteiger partial charge is 0.338 e. The first-order chi connectivity index (χ1) is 9.49. The van der Waals surface area contributed by atoms with Crippen LogP contribution in [0.4, 0.5) is 0 Å². The molecule has 0 saturated carbocycles. The predicted molar refractivity (Wildman–Crippen MR) is 61.2 cm³/mol. The lowest BCUT2D eigenvalue weighted by atomic mass is 10.2. The number of primary amides is 1. The lowest BCUT2D eigenvalue weighted by Gasteiger charge is -2.01. The van der Waals surface area contributed by atoms with Gasteiger partial charge in [0.15, 0.2) is 6.61 Å². The second-order valence-corrected chi connectivity index (χ2v) is 3.71. The van der Waals surface area contributed by atoms with E-state index >= 15 is 0 Å². The third-order valence-electron chi connectivity index (χ3n) is 2.36. The van der Waals surface area contributed by atoms with E-state index in [1.54, 1.807) is 0 Å². The number of aromatic nitrogens is 2. The topological polar surface area (TPSA) is 143 Å². The Kier molecular flexibility index (Phi) is 3.51. The molecule has 0 saturated heterocycles. The van der Waals surface area contributed by atoms with Crippen molar-refractivity contribution in [2.75, 3.05) is 0 Å². The van der Waals surface area contributed by atoms with Crippen LogP contribution in [0.2, 0.25) is 0 Å². The summed E-state index contributed by atoms with van der Waals surface area (Å²) in [6, 6.07) is 5.33. The molecule has 0 radical (unpaired) electrons. The van der Waals surface area contributed by atoms with Crippen LogP contribution in [0.3, 0.4) is 0 Å². The monoisotopic (exact) mass is 279 g/mol. The van der Waals surface area contributed by atoms with Gasteiger partial charge in [-0.3, -0.25) is 9.42 Å². The number of esters is 1. The zero-order chi connectivity index (χ0) is 14.7. The fourth-order valence-corrected chi connectivity index (χ4v) is 1.42. The minimum atomic E-state index is -1.04. The summed E-state index contributed by atoms with van der Waals surface area (Å²) >= 11 is 0.